The minimum atomic E-state index is -0.466. The second kappa shape index (κ2) is 6.69. The Balaban J connectivity index is 1.71. The summed E-state index contributed by atoms with van der Waals surface area (Å²) in [6.45, 7) is 1.93. The van der Waals surface area contributed by atoms with Crippen LogP contribution in [0.1, 0.15) is 25.7 Å². The highest BCUT2D eigenvalue weighted by atomic mass is 16.5. The van der Waals surface area contributed by atoms with Crippen molar-refractivity contribution >= 4 is 11.9 Å². The first-order valence-corrected chi connectivity index (χ1v) is 7.71. The van der Waals surface area contributed by atoms with Gasteiger partial charge in [-0.25, -0.2) is 4.79 Å². The Bertz CT molecular complexity index is 741. The molecule has 2 heterocycles. The number of amides is 3. The minimum Gasteiger partial charge on any atom is -0.497 e. The standard InChI is InChI=1S/C16H18N4O4/c1-3-4-12-15(21)20(16(22)17-12)9-13-18-19-14(24-13)10-5-7-11(23-2)8-6-10/h5-8,12H,3-4,9H2,1-2H3,(H,17,22). The third-order valence-electron chi connectivity index (χ3n) is 3.78. The maximum Gasteiger partial charge on any atom is 0.325 e. The molecule has 1 atom stereocenters. The highest BCUT2D eigenvalue weighted by molar-refractivity contribution is 6.04. The molecule has 8 heteroatoms. The van der Waals surface area contributed by atoms with Gasteiger partial charge in [0.25, 0.3) is 5.91 Å². The Labute approximate surface area is 138 Å². The summed E-state index contributed by atoms with van der Waals surface area (Å²) in [7, 11) is 1.59. The lowest BCUT2D eigenvalue weighted by Crippen LogP contribution is -2.31. The van der Waals surface area contributed by atoms with Crippen molar-refractivity contribution in [2.75, 3.05) is 7.11 Å². The quantitative estimate of drug-likeness (QED) is 0.813. The van der Waals surface area contributed by atoms with Gasteiger partial charge in [0.1, 0.15) is 18.3 Å². The van der Waals surface area contributed by atoms with Crippen molar-refractivity contribution in [3.05, 3.63) is 30.2 Å². The van der Waals surface area contributed by atoms with E-state index in [0.29, 0.717) is 12.3 Å². The molecule has 1 unspecified atom stereocenters. The number of nitrogens with one attached hydrogen (secondary N) is 1. The third kappa shape index (κ3) is 3.08. The molecule has 0 bridgehead atoms. The van der Waals surface area contributed by atoms with Crippen LogP contribution in [0.2, 0.25) is 0 Å². The summed E-state index contributed by atoms with van der Waals surface area (Å²) >= 11 is 0. The molecule has 1 fully saturated rings. The third-order valence-corrected chi connectivity index (χ3v) is 3.78. The smallest absolute Gasteiger partial charge is 0.325 e. The van der Waals surface area contributed by atoms with Gasteiger partial charge in [0, 0.05) is 5.56 Å². The number of rotatable bonds is 6. The number of methoxy groups -OCH3 is 1. The highest BCUT2D eigenvalue weighted by Gasteiger charge is 2.38. The Morgan fingerprint density at radius 1 is 1.25 bits per heavy atom. The van der Waals surface area contributed by atoms with E-state index in [1.807, 2.05) is 6.92 Å². The van der Waals surface area contributed by atoms with Crippen LogP contribution in [0.5, 0.6) is 5.75 Å². The number of ether oxygens (including phenoxy) is 1. The van der Waals surface area contributed by atoms with Crippen molar-refractivity contribution in [1.82, 2.24) is 20.4 Å². The van der Waals surface area contributed by atoms with E-state index in [0.717, 1.165) is 22.6 Å². The van der Waals surface area contributed by atoms with Gasteiger partial charge in [-0.05, 0) is 30.7 Å². The molecule has 1 aliphatic heterocycles. The van der Waals surface area contributed by atoms with E-state index in [-0.39, 0.29) is 18.3 Å². The first-order chi connectivity index (χ1) is 11.6. The molecule has 0 radical (unpaired) electrons. The molecule has 3 rings (SSSR count). The van der Waals surface area contributed by atoms with E-state index in [4.69, 9.17) is 9.15 Å². The largest absolute Gasteiger partial charge is 0.497 e. The predicted molar refractivity (Wildman–Crippen MR) is 84.1 cm³/mol. The molecule has 1 aromatic heterocycles. The first kappa shape index (κ1) is 16.0. The summed E-state index contributed by atoms with van der Waals surface area (Å²) in [4.78, 5) is 25.2. The number of imide groups is 1. The predicted octanol–water partition coefficient (Wildman–Crippen LogP) is 1.97. The molecule has 2 aromatic rings. The van der Waals surface area contributed by atoms with E-state index in [1.165, 1.54) is 0 Å². The van der Waals surface area contributed by atoms with Crippen LogP contribution < -0.4 is 10.1 Å². The molecule has 0 spiro atoms. The molecule has 126 valence electrons. The fraction of sp³-hybridized carbons (Fsp3) is 0.375. The normalized spacial score (nSPS) is 17.2. The van der Waals surface area contributed by atoms with E-state index in [2.05, 4.69) is 15.5 Å². The summed E-state index contributed by atoms with van der Waals surface area (Å²) in [5, 5.41) is 10.5. The van der Waals surface area contributed by atoms with Crippen LogP contribution in [0.15, 0.2) is 28.7 Å². The molecule has 24 heavy (non-hydrogen) atoms. The van der Waals surface area contributed by atoms with Crippen LogP contribution in [0.4, 0.5) is 4.79 Å². The number of aromatic nitrogens is 2. The summed E-state index contributed by atoms with van der Waals surface area (Å²) in [5.74, 6) is 0.997. The van der Waals surface area contributed by atoms with Crippen LogP contribution in [0.25, 0.3) is 11.5 Å². The summed E-state index contributed by atoms with van der Waals surface area (Å²) in [5.41, 5.74) is 0.732. The zero-order chi connectivity index (χ0) is 17.1. The van der Waals surface area contributed by atoms with Gasteiger partial charge < -0.3 is 14.5 Å². The van der Waals surface area contributed by atoms with Crippen molar-refractivity contribution in [3.63, 3.8) is 0 Å². The summed E-state index contributed by atoms with van der Waals surface area (Å²) in [6, 6.07) is 6.26. The van der Waals surface area contributed by atoms with Gasteiger partial charge in [-0.1, -0.05) is 13.3 Å². The second-order valence-electron chi connectivity index (χ2n) is 5.44. The first-order valence-electron chi connectivity index (χ1n) is 7.71. The van der Waals surface area contributed by atoms with Gasteiger partial charge in [-0.15, -0.1) is 10.2 Å². The average Bonchev–Trinajstić information content (AvgIpc) is 3.16. The van der Waals surface area contributed by atoms with E-state index >= 15 is 0 Å². The van der Waals surface area contributed by atoms with Gasteiger partial charge in [0.05, 0.1) is 7.11 Å². The number of hydrogen-bond donors (Lipinski definition) is 1. The maximum atomic E-state index is 12.2. The Morgan fingerprint density at radius 3 is 2.67 bits per heavy atom. The molecule has 1 aliphatic rings. The van der Waals surface area contributed by atoms with Crippen LogP contribution in [-0.4, -0.2) is 40.2 Å². The molecule has 0 saturated carbocycles. The molecule has 3 amide bonds. The summed E-state index contributed by atoms with van der Waals surface area (Å²) in [6.07, 6.45) is 1.43. The Morgan fingerprint density at radius 2 is 2.00 bits per heavy atom. The number of hydrogen-bond acceptors (Lipinski definition) is 6. The van der Waals surface area contributed by atoms with Crippen molar-refractivity contribution < 1.29 is 18.7 Å². The number of benzene rings is 1. The number of urea groups is 1. The van der Waals surface area contributed by atoms with E-state index in [1.54, 1.807) is 31.4 Å². The molecular weight excluding hydrogens is 312 g/mol. The number of carbonyl (C=O) groups excluding carboxylic acids is 2. The second-order valence-corrected chi connectivity index (χ2v) is 5.44. The van der Waals surface area contributed by atoms with Gasteiger partial charge in [0.2, 0.25) is 11.8 Å². The van der Waals surface area contributed by atoms with E-state index < -0.39 is 12.1 Å². The van der Waals surface area contributed by atoms with Crippen LogP contribution in [0, 0.1) is 0 Å². The lowest BCUT2D eigenvalue weighted by Gasteiger charge is -2.09. The number of carbonyl (C=O) groups is 2. The zero-order valence-electron chi connectivity index (χ0n) is 13.5. The number of nitrogens with zero attached hydrogens (tertiary/aromatic N) is 3. The monoisotopic (exact) mass is 330 g/mol. The van der Waals surface area contributed by atoms with Crippen molar-refractivity contribution in [3.8, 4) is 17.2 Å². The van der Waals surface area contributed by atoms with Gasteiger partial charge >= 0.3 is 6.03 Å². The maximum absolute atomic E-state index is 12.2. The van der Waals surface area contributed by atoms with Gasteiger partial charge in [-0.3, -0.25) is 9.69 Å². The lowest BCUT2D eigenvalue weighted by molar-refractivity contribution is -0.128. The van der Waals surface area contributed by atoms with Crippen LogP contribution >= 0.6 is 0 Å². The lowest BCUT2D eigenvalue weighted by atomic mass is 10.2. The molecule has 8 nitrogen and oxygen atoms in total. The van der Waals surface area contributed by atoms with Gasteiger partial charge in [0.15, 0.2) is 0 Å². The fourth-order valence-electron chi connectivity index (χ4n) is 2.51. The SMILES string of the molecule is CCCC1NC(=O)N(Cc2nnc(-c3ccc(OC)cc3)o2)C1=O. The van der Waals surface area contributed by atoms with Crippen molar-refractivity contribution in [2.45, 2.75) is 32.4 Å². The van der Waals surface area contributed by atoms with Gasteiger partial charge in [-0.2, -0.15) is 0 Å². The van der Waals surface area contributed by atoms with Crippen LogP contribution in [-0.2, 0) is 11.3 Å². The highest BCUT2D eigenvalue weighted by Crippen LogP contribution is 2.22. The van der Waals surface area contributed by atoms with Crippen molar-refractivity contribution in [1.29, 1.82) is 0 Å². The molecular formula is C16H18N4O4. The topological polar surface area (TPSA) is 97.6 Å². The molecule has 0 aliphatic carbocycles. The Hall–Kier alpha value is -2.90. The zero-order valence-corrected chi connectivity index (χ0v) is 13.5. The molecule has 1 N–H and O–H groups in total. The average molecular weight is 330 g/mol. The minimum absolute atomic E-state index is 0.0337. The summed E-state index contributed by atoms with van der Waals surface area (Å²) < 4.78 is 10.7. The van der Waals surface area contributed by atoms with E-state index in [9.17, 15) is 9.59 Å². The molecule has 1 saturated heterocycles. The van der Waals surface area contributed by atoms with Crippen LogP contribution in [0.3, 0.4) is 0 Å². The van der Waals surface area contributed by atoms with Crippen molar-refractivity contribution in [2.24, 2.45) is 0 Å². The molecule has 1 aromatic carbocycles. The Kier molecular flexibility index (Phi) is 4.45. The fourth-order valence-corrected chi connectivity index (χ4v) is 2.51.